The Labute approximate surface area is 102 Å². The fourth-order valence-corrected chi connectivity index (χ4v) is 2.16. The molecule has 1 aliphatic carbocycles. The van der Waals surface area contributed by atoms with Crippen molar-refractivity contribution in [1.82, 2.24) is 9.55 Å². The first-order valence-electron chi connectivity index (χ1n) is 6.41. The molecule has 4 heteroatoms. The molecule has 0 saturated heterocycles. The molecule has 1 aromatic rings. The van der Waals surface area contributed by atoms with Crippen molar-refractivity contribution < 1.29 is 0 Å². The maximum absolute atomic E-state index is 12.1. The predicted octanol–water partition coefficient (Wildman–Crippen LogP) is 2.42. The van der Waals surface area contributed by atoms with E-state index < -0.39 is 0 Å². The second-order valence-electron chi connectivity index (χ2n) is 5.39. The molecule has 0 radical (unpaired) electrons. The summed E-state index contributed by atoms with van der Waals surface area (Å²) in [5.41, 5.74) is 0.0191. The standard InChI is InChI=1S/C13H21N3O/c1-9(2)8-10(3)15-12-13(17)16(7-6-14-12)11-4-5-11/h6-7,9-11H,4-5,8H2,1-3H3,(H,14,15). The van der Waals surface area contributed by atoms with Crippen LogP contribution in [0, 0.1) is 5.92 Å². The summed E-state index contributed by atoms with van der Waals surface area (Å²) >= 11 is 0. The van der Waals surface area contributed by atoms with Crippen LogP contribution in [0.15, 0.2) is 17.2 Å². The van der Waals surface area contributed by atoms with Crippen molar-refractivity contribution >= 4 is 5.82 Å². The molecule has 4 nitrogen and oxygen atoms in total. The Balaban J connectivity index is 2.10. The zero-order valence-corrected chi connectivity index (χ0v) is 10.8. The van der Waals surface area contributed by atoms with E-state index in [1.807, 2.05) is 0 Å². The number of nitrogens with zero attached hydrogens (tertiary/aromatic N) is 2. The Morgan fingerprint density at radius 1 is 1.47 bits per heavy atom. The van der Waals surface area contributed by atoms with Crippen LogP contribution < -0.4 is 10.9 Å². The van der Waals surface area contributed by atoms with Gasteiger partial charge in [-0.25, -0.2) is 4.98 Å². The monoisotopic (exact) mass is 235 g/mol. The van der Waals surface area contributed by atoms with Gasteiger partial charge in [-0.3, -0.25) is 4.79 Å². The van der Waals surface area contributed by atoms with Crippen molar-refractivity contribution in [3.8, 4) is 0 Å². The number of nitrogens with one attached hydrogen (secondary N) is 1. The van der Waals surface area contributed by atoms with Gasteiger partial charge in [-0.05, 0) is 32.1 Å². The highest BCUT2D eigenvalue weighted by atomic mass is 16.1. The zero-order valence-electron chi connectivity index (χ0n) is 10.8. The maximum Gasteiger partial charge on any atom is 0.293 e. The van der Waals surface area contributed by atoms with Gasteiger partial charge in [0.25, 0.3) is 5.56 Å². The van der Waals surface area contributed by atoms with Crippen LogP contribution in [0.3, 0.4) is 0 Å². The third-order valence-electron chi connectivity index (χ3n) is 3.02. The van der Waals surface area contributed by atoms with Crippen LogP contribution in [0.25, 0.3) is 0 Å². The average Bonchev–Trinajstić information content (AvgIpc) is 3.03. The van der Waals surface area contributed by atoms with E-state index in [1.165, 1.54) is 0 Å². The minimum Gasteiger partial charge on any atom is -0.363 e. The minimum atomic E-state index is 0.0191. The van der Waals surface area contributed by atoms with Crippen LogP contribution in [0.4, 0.5) is 5.82 Å². The molecule has 0 aromatic carbocycles. The van der Waals surface area contributed by atoms with Gasteiger partial charge >= 0.3 is 0 Å². The number of rotatable bonds is 5. The van der Waals surface area contributed by atoms with Gasteiger partial charge in [-0.15, -0.1) is 0 Å². The molecular formula is C13H21N3O. The van der Waals surface area contributed by atoms with Crippen LogP contribution in [-0.2, 0) is 0 Å². The van der Waals surface area contributed by atoms with Gasteiger partial charge in [0.2, 0.25) is 0 Å². The van der Waals surface area contributed by atoms with Crippen molar-refractivity contribution in [3.63, 3.8) is 0 Å². The van der Waals surface area contributed by atoms with Gasteiger partial charge in [0.05, 0.1) is 0 Å². The predicted molar refractivity (Wildman–Crippen MR) is 69.3 cm³/mol. The molecule has 1 atom stereocenters. The van der Waals surface area contributed by atoms with Gasteiger partial charge in [0.1, 0.15) is 0 Å². The maximum atomic E-state index is 12.1. The van der Waals surface area contributed by atoms with Crippen molar-refractivity contribution in [2.75, 3.05) is 5.32 Å². The first-order valence-corrected chi connectivity index (χ1v) is 6.41. The van der Waals surface area contributed by atoms with Crippen LogP contribution in [-0.4, -0.2) is 15.6 Å². The summed E-state index contributed by atoms with van der Waals surface area (Å²) < 4.78 is 1.80. The van der Waals surface area contributed by atoms with Crippen molar-refractivity contribution in [3.05, 3.63) is 22.7 Å². The van der Waals surface area contributed by atoms with E-state index in [-0.39, 0.29) is 11.6 Å². The van der Waals surface area contributed by atoms with Gasteiger partial charge in [-0.2, -0.15) is 0 Å². The molecule has 17 heavy (non-hydrogen) atoms. The van der Waals surface area contributed by atoms with Crippen LogP contribution >= 0.6 is 0 Å². The normalized spacial score (nSPS) is 17.2. The van der Waals surface area contributed by atoms with Crippen molar-refractivity contribution in [2.24, 2.45) is 5.92 Å². The summed E-state index contributed by atoms with van der Waals surface area (Å²) in [6.45, 7) is 6.45. The van der Waals surface area contributed by atoms with Crippen LogP contribution in [0.5, 0.6) is 0 Å². The fraction of sp³-hybridized carbons (Fsp3) is 0.692. The number of aromatic nitrogens is 2. The third kappa shape index (κ3) is 3.08. The van der Waals surface area contributed by atoms with Gasteiger partial charge < -0.3 is 9.88 Å². The van der Waals surface area contributed by atoms with Crippen molar-refractivity contribution in [1.29, 1.82) is 0 Å². The lowest BCUT2D eigenvalue weighted by atomic mass is 10.1. The first-order chi connectivity index (χ1) is 8.08. The Morgan fingerprint density at radius 3 is 2.76 bits per heavy atom. The summed E-state index contributed by atoms with van der Waals surface area (Å²) in [5.74, 6) is 1.11. The van der Waals surface area contributed by atoms with Crippen LogP contribution in [0.2, 0.25) is 0 Å². The lowest BCUT2D eigenvalue weighted by Crippen LogP contribution is -2.28. The van der Waals surface area contributed by atoms with Crippen molar-refractivity contribution in [2.45, 2.75) is 52.1 Å². The number of anilines is 1. The molecular weight excluding hydrogens is 214 g/mol. The molecule has 0 aliphatic heterocycles. The highest BCUT2D eigenvalue weighted by Gasteiger charge is 2.25. The molecule has 0 amide bonds. The average molecular weight is 235 g/mol. The number of hydrogen-bond donors (Lipinski definition) is 1. The molecule has 1 aliphatic rings. The van der Waals surface area contributed by atoms with E-state index >= 15 is 0 Å². The quantitative estimate of drug-likeness (QED) is 0.852. The van der Waals surface area contributed by atoms with E-state index in [4.69, 9.17) is 0 Å². The first kappa shape index (κ1) is 12.1. The Kier molecular flexibility index (Phi) is 3.50. The SMILES string of the molecule is CC(C)CC(C)Nc1nccn(C2CC2)c1=O. The number of hydrogen-bond acceptors (Lipinski definition) is 3. The Bertz CT molecular complexity index is 435. The van der Waals surface area contributed by atoms with E-state index in [1.54, 1.807) is 17.0 Å². The van der Waals surface area contributed by atoms with Crippen LogP contribution in [0.1, 0.15) is 46.1 Å². The van der Waals surface area contributed by atoms with Gasteiger partial charge in [0, 0.05) is 24.5 Å². The molecule has 1 fully saturated rings. The minimum absolute atomic E-state index is 0.0191. The highest BCUT2D eigenvalue weighted by Crippen LogP contribution is 2.33. The van der Waals surface area contributed by atoms with E-state index in [0.29, 0.717) is 17.8 Å². The summed E-state index contributed by atoms with van der Waals surface area (Å²) in [6, 6.07) is 0.691. The summed E-state index contributed by atoms with van der Waals surface area (Å²) in [7, 11) is 0. The topological polar surface area (TPSA) is 46.9 Å². The third-order valence-corrected chi connectivity index (χ3v) is 3.02. The van der Waals surface area contributed by atoms with Gasteiger partial charge in [0.15, 0.2) is 5.82 Å². The molecule has 0 bridgehead atoms. The highest BCUT2D eigenvalue weighted by molar-refractivity contribution is 5.32. The van der Waals surface area contributed by atoms with E-state index in [2.05, 4.69) is 31.1 Å². The smallest absolute Gasteiger partial charge is 0.293 e. The molecule has 1 N–H and O–H groups in total. The zero-order chi connectivity index (χ0) is 12.4. The molecule has 1 heterocycles. The second kappa shape index (κ2) is 4.90. The van der Waals surface area contributed by atoms with E-state index in [0.717, 1.165) is 19.3 Å². The molecule has 0 spiro atoms. The summed E-state index contributed by atoms with van der Waals surface area (Å²) in [5, 5.41) is 3.22. The summed E-state index contributed by atoms with van der Waals surface area (Å²) in [6.07, 6.45) is 6.78. The molecule has 94 valence electrons. The largest absolute Gasteiger partial charge is 0.363 e. The molecule has 1 saturated carbocycles. The van der Waals surface area contributed by atoms with E-state index in [9.17, 15) is 4.79 Å². The second-order valence-corrected chi connectivity index (χ2v) is 5.39. The molecule has 1 aromatic heterocycles. The molecule has 1 unspecified atom stereocenters. The summed E-state index contributed by atoms with van der Waals surface area (Å²) in [4.78, 5) is 16.3. The van der Waals surface area contributed by atoms with Gasteiger partial charge in [-0.1, -0.05) is 13.8 Å². The lowest BCUT2D eigenvalue weighted by molar-refractivity contribution is 0.537. The lowest BCUT2D eigenvalue weighted by Gasteiger charge is -2.16. The molecule has 2 rings (SSSR count). The Morgan fingerprint density at radius 2 is 2.18 bits per heavy atom. The fourth-order valence-electron chi connectivity index (χ4n) is 2.16. The Hall–Kier alpha value is -1.32.